The number of amides is 1. The fourth-order valence-corrected chi connectivity index (χ4v) is 5.76. The van der Waals surface area contributed by atoms with Crippen LogP contribution in [0.4, 0.5) is 11.8 Å². The third-order valence-corrected chi connectivity index (χ3v) is 8.11. The minimum atomic E-state index is -0.755. The average Bonchev–Trinajstić information content (AvgIpc) is 3.50. The number of aromatic nitrogens is 6. The van der Waals surface area contributed by atoms with Crippen LogP contribution in [0.25, 0.3) is 28.1 Å². The lowest BCUT2D eigenvalue weighted by atomic mass is 9.83. The van der Waals surface area contributed by atoms with Gasteiger partial charge >= 0.3 is 0 Å². The summed E-state index contributed by atoms with van der Waals surface area (Å²) in [4.78, 5) is 39.4. The number of benzene rings is 1. The molecule has 1 N–H and O–H groups in total. The summed E-state index contributed by atoms with van der Waals surface area (Å²) in [6, 6.07) is 7.92. The van der Waals surface area contributed by atoms with Gasteiger partial charge in [-0.25, -0.2) is 14.5 Å². The summed E-state index contributed by atoms with van der Waals surface area (Å²) in [5.74, 6) is 2.23. The van der Waals surface area contributed by atoms with E-state index in [0.717, 1.165) is 23.9 Å². The van der Waals surface area contributed by atoms with Crippen LogP contribution in [0.5, 0.6) is 0 Å². The molecule has 5 heterocycles. The van der Waals surface area contributed by atoms with Gasteiger partial charge in [0, 0.05) is 47.3 Å². The number of likely N-dealkylation sites (tertiary alicyclic amines) is 1. The number of carbonyl (C=O) groups excluding carboxylic acids is 1. The molecule has 6 rings (SSSR count). The van der Waals surface area contributed by atoms with Gasteiger partial charge in [0.1, 0.15) is 0 Å². The summed E-state index contributed by atoms with van der Waals surface area (Å²) in [5, 5.41) is 10.4. The summed E-state index contributed by atoms with van der Waals surface area (Å²) in [7, 11) is 5.73. The number of carbonyl (C=O) groups is 1. The molecule has 0 spiro atoms. The minimum absolute atomic E-state index is 0.133. The van der Waals surface area contributed by atoms with Gasteiger partial charge in [-0.3, -0.25) is 4.79 Å². The van der Waals surface area contributed by atoms with E-state index in [1.807, 2.05) is 73.6 Å². The van der Waals surface area contributed by atoms with Crippen molar-refractivity contribution in [3.05, 3.63) is 30.1 Å². The van der Waals surface area contributed by atoms with E-state index in [1.165, 1.54) is 0 Å². The topological polar surface area (TPSA) is 118 Å². The molecule has 3 aromatic heterocycles. The Hall–Kier alpha value is -3.77. The van der Waals surface area contributed by atoms with E-state index in [2.05, 4.69) is 4.90 Å². The fourth-order valence-electron chi connectivity index (χ4n) is 5.76. The van der Waals surface area contributed by atoms with Crippen molar-refractivity contribution in [2.24, 2.45) is 13.0 Å². The number of hydrogen-bond donors (Lipinski definition) is 1. The van der Waals surface area contributed by atoms with Crippen molar-refractivity contribution in [1.82, 2.24) is 34.0 Å². The Kier molecular flexibility index (Phi) is 6.62. The third-order valence-electron chi connectivity index (χ3n) is 8.11. The van der Waals surface area contributed by atoms with Crippen LogP contribution >= 0.6 is 0 Å². The predicted octanol–water partition coefficient (Wildman–Crippen LogP) is 2.23. The predicted molar refractivity (Wildman–Crippen MR) is 153 cm³/mol. The van der Waals surface area contributed by atoms with Crippen LogP contribution in [-0.2, 0) is 11.8 Å². The van der Waals surface area contributed by atoms with Crippen LogP contribution in [0.3, 0.4) is 0 Å². The largest absolute Gasteiger partial charge is 0.390 e. The number of piperidine rings is 1. The van der Waals surface area contributed by atoms with Crippen LogP contribution in [0.2, 0.25) is 0 Å². The van der Waals surface area contributed by atoms with Crippen LogP contribution in [0.15, 0.2) is 24.3 Å². The van der Waals surface area contributed by atoms with Crippen molar-refractivity contribution >= 4 is 39.9 Å². The molecule has 1 aromatic carbocycles. The lowest BCUT2D eigenvalue weighted by molar-refractivity contribution is -0.0110. The molecular formula is C28H37N9O3. The maximum Gasteiger partial charge on any atom is 0.289 e. The van der Waals surface area contributed by atoms with Gasteiger partial charge in [-0.05, 0) is 44.7 Å². The van der Waals surface area contributed by atoms with Crippen molar-refractivity contribution in [2.75, 3.05) is 63.3 Å². The Morgan fingerprint density at radius 3 is 2.40 bits per heavy atom. The van der Waals surface area contributed by atoms with Crippen LogP contribution in [-0.4, -0.2) is 104 Å². The number of hydrogen-bond acceptors (Lipinski definition) is 9. The van der Waals surface area contributed by atoms with Gasteiger partial charge in [-0.1, -0.05) is 12.1 Å². The molecule has 4 aromatic rings. The molecule has 0 bridgehead atoms. The molecular weight excluding hydrogens is 510 g/mol. The summed E-state index contributed by atoms with van der Waals surface area (Å²) < 4.78 is 9.35. The third kappa shape index (κ3) is 4.54. The van der Waals surface area contributed by atoms with Crippen molar-refractivity contribution in [1.29, 1.82) is 0 Å². The second kappa shape index (κ2) is 10.0. The Balaban J connectivity index is 1.47. The highest BCUT2D eigenvalue weighted by molar-refractivity contribution is 5.96. The van der Waals surface area contributed by atoms with Crippen molar-refractivity contribution in [3.63, 3.8) is 0 Å². The number of para-hydroxylation sites is 2. The molecule has 2 saturated heterocycles. The quantitative estimate of drug-likeness (QED) is 0.401. The van der Waals surface area contributed by atoms with Crippen LogP contribution < -0.4 is 9.80 Å². The normalized spacial score (nSPS) is 17.2. The summed E-state index contributed by atoms with van der Waals surface area (Å²) in [6.45, 7) is 7.36. The maximum absolute atomic E-state index is 13.7. The van der Waals surface area contributed by atoms with Gasteiger partial charge in [-0.2, -0.15) is 9.97 Å². The molecule has 1 amide bonds. The fraction of sp³-hybridized carbons (Fsp3) is 0.536. The lowest BCUT2D eigenvalue weighted by Crippen LogP contribution is -2.44. The summed E-state index contributed by atoms with van der Waals surface area (Å²) >= 11 is 0. The Labute approximate surface area is 233 Å². The van der Waals surface area contributed by atoms with Crippen LogP contribution in [0.1, 0.15) is 37.3 Å². The van der Waals surface area contributed by atoms with E-state index < -0.39 is 5.60 Å². The average molecular weight is 548 g/mol. The smallest absolute Gasteiger partial charge is 0.289 e. The van der Waals surface area contributed by atoms with E-state index >= 15 is 0 Å². The van der Waals surface area contributed by atoms with Gasteiger partial charge in [-0.15, -0.1) is 0 Å². The number of fused-ring (bicyclic) bond motifs is 2. The van der Waals surface area contributed by atoms with E-state index in [0.29, 0.717) is 74.1 Å². The molecule has 0 aliphatic carbocycles. The van der Waals surface area contributed by atoms with Gasteiger partial charge < -0.3 is 29.1 Å². The monoisotopic (exact) mass is 547 g/mol. The minimum Gasteiger partial charge on any atom is -0.390 e. The number of aryl methyl sites for hydroxylation is 1. The zero-order valence-electron chi connectivity index (χ0n) is 23.8. The van der Waals surface area contributed by atoms with E-state index in [1.54, 1.807) is 4.57 Å². The molecule has 0 atom stereocenters. The zero-order chi connectivity index (χ0) is 28.2. The Bertz CT molecular complexity index is 1550. The molecule has 2 fully saturated rings. The van der Waals surface area contributed by atoms with E-state index in [9.17, 15) is 9.90 Å². The highest BCUT2D eigenvalue weighted by Crippen LogP contribution is 2.32. The molecule has 12 nitrogen and oxygen atoms in total. The number of ether oxygens (including phenoxy) is 1. The van der Waals surface area contributed by atoms with Crippen molar-refractivity contribution < 1.29 is 14.6 Å². The highest BCUT2D eigenvalue weighted by Gasteiger charge is 2.34. The Morgan fingerprint density at radius 2 is 1.73 bits per heavy atom. The maximum atomic E-state index is 13.7. The van der Waals surface area contributed by atoms with Gasteiger partial charge in [0.2, 0.25) is 17.7 Å². The molecule has 2 aliphatic heterocycles. The molecule has 0 saturated carbocycles. The standard InChI is InChI=1S/C28H37N9O3/c1-28(2,39)18-10-12-36(13-11-18)25(38)24-30-21-22(34(24)5)31-26(32-23(21)35-14-16-40-17-15-35)37-20-9-7-6-8-19(20)29-27(37)33(3)4/h6-9,18,39H,10-17H2,1-5H3. The number of aliphatic hydroxyl groups is 1. The first kappa shape index (κ1) is 26.5. The number of imidazole rings is 2. The van der Waals surface area contributed by atoms with E-state index in [4.69, 9.17) is 24.7 Å². The molecule has 12 heteroatoms. The molecule has 2 aliphatic rings. The first-order chi connectivity index (χ1) is 19.1. The number of morpholine rings is 1. The van der Waals surface area contributed by atoms with Crippen molar-refractivity contribution in [3.8, 4) is 5.95 Å². The van der Waals surface area contributed by atoms with E-state index in [-0.39, 0.29) is 11.8 Å². The highest BCUT2D eigenvalue weighted by atomic mass is 16.5. The Morgan fingerprint density at radius 1 is 1.02 bits per heavy atom. The lowest BCUT2D eigenvalue weighted by Gasteiger charge is -2.37. The van der Waals surface area contributed by atoms with Gasteiger partial charge in [0.15, 0.2) is 17.0 Å². The van der Waals surface area contributed by atoms with Gasteiger partial charge in [0.25, 0.3) is 5.91 Å². The molecule has 0 unspecified atom stereocenters. The first-order valence-corrected chi connectivity index (χ1v) is 13.9. The van der Waals surface area contributed by atoms with Crippen LogP contribution in [0, 0.1) is 5.92 Å². The number of rotatable bonds is 5. The summed E-state index contributed by atoms with van der Waals surface area (Å²) in [5.41, 5.74) is 2.17. The SMILES string of the molecule is CN(C)c1nc2ccccc2n1-c1nc(N2CCOCC2)c2nc(C(=O)N3CCC(C(C)(C)O)CC3)n(C)c2n1. The number of nitrogens with zero attached hydrogens (tertiary/aromatic N) is 9. The molecule has 0 radical (unpaired) electrons. The van der Waals surface area contributed by atoms with Crippen molar-refractivity contribution in [2.45, 2.75) is 32.3 Å². The first-order valence-electron chi connectivity index (χ1n) is 13.9. The van der Waals surface area contributed by atoms with Gasteiger partial charge in [0.05, 0.1) is 29.8 Å². The summed E-state index contributed by atoms with van der Waals surface area (Å²) in [6.07, 6.45) is 1.51. The molecule has 212 valence electrons. The number of anilines is 2. The second-order valence-corrected chi connectivity index (χ2v) is 11.5. The second-order valence-electron chi connectivity index (χ2n) is 11.5. The molecule has 40 heavy (non-hydrogen) atoms. The zero-order valence-corrected chi connectivity index (χ0v) is 23.8.